The van der Waals surface area contributed by atoms with Gasteiger partial charge in [-0.05, 0) is 30.6 Å². The van der Waals surface area contributed by atoms with Crippen molar-refractivity contribution in [3.8, 4) is 0 Å². The van der Waals surface area contributed by atoms with Gasteiger partial charge in [-0.3, -0.25) is 0 Å². The van der Waals surface area contributed by atoms with E-state index in [1.54, 1.807) is 5.70 Å². The van der Waals surface area contributed by atoms with Gasteiger partial charge in [0.1, 0.15) is 0 Å². The fourth-order valence-corrected chi connectivity index (χ4v) is 2.75. The minimum absolute atomic E-state index is 0.429. The molecule has 0 spiro atoms. The molecule has 14 heavy (non-hydrogen) atoms. The first-order valence-electron chi connectivity index (χ1n) is 6.14. The number of rotatable bonds is 1. The molecule has 0 aromatic rings. The maximum Gasteiger partial charge on any atom is 0.0152 e. The minimum Gasteiger partial charge on any atom is -0.388 e. The summed E-state index contributed by atoms with van der Waals surface area (Å²) in [6.07, 6.45) is 10.9. The molecule has 80 valence electrons. The van der Waals surface area contributed by atoms with Crippen LogP contribution in [-0.4, -0.2) is 6.54 Å². The third-order valence-corrected chi connectivity index (χ3v) is 3.69. The third-order valence-electron chi connectivity index (χ3n) is 3.69. The topological polar surface area (TPSA) is 12.0 Å². The fraction of sp³-hybridized carbons (Fsp3) is 0.846. The Morgan fingerprint density at radius 2 is 1.93 bits per heavy atom. The van der Waals surface area contributed by atoms with Crippen molar-refractivity contribution in [3.05, 3.63) is 11.8 Å². The Balaban J connectivity index is 2.05. The van der Waals surface area contributed by atoms with Crippen LogP contribution in [0.3, 0.4) is 0 Å². The summed E-state index contributed by atoms with van der Waals surface area (Å²) in [6, 6.07) is 0. The number of hydrogen-bond donors (Lipinski definition) is 1. The molecule has 0 aromatic heterocycles. The molecule has 0 amide bonds. The smallest absolute Gasteiger partial charge is 0.0152 e. The van der Waals surface area contributed by atoms with Crippen LogP contribution in [0.5, 0.6) is 0 Å². The summed E-state index contributed by atoms with van der Waals surface area (Å²) in [4.78, 5) is 0. The lowest BCUT2D eigenvalue weighted by atomic mass is 9.79. The largest absolute Gasteiger partial charge is 0.388 e. The fourth-order valence-electron chi connectivity index (χ4n) is 2.75. The lowest BCUT2D eigenvalue weighted by Gasteiger charge is -2.34. The molecule has 0 atom stereocenters. The summed E-state index contributed by atoms with van der Waals surface area (Å²) < 4.78 is 0. The summed E-state index contributed by atoms with van der Waals surface area (Å²) in [5, 5.41) is 3.61. The Hall–Kier alpha value is -0.460. The number of hydrogen-bond acceptors (Lipinski definition) is 1. The molecule has 0 bridgehead atoms. The Kier molecular flexibility index (Phi) is 2.85. The monoisotopic (exact) mass is 193 g/mol. The first-order chi connectivity index (χ1) is 6.67. The van der Waals surface area contributed by atoms with Gasteiger partial charge in [0.15, 0.2) is 0 Å². The van der Waals surface area contributed by atoms with Crippen LogP contribution in [0.2, 0.25) is 0 Å². The maximum atomic E-state index is 3.61. The minimum atomic E-state index is 0.429. The molecule has 1 fully saturated rings. The van der Waals surface area contributed by atoms with Crippen LogP contribution >= 0.6 is 0 Å². The van der Waals surface area contributed by atoms with Gasteiger partial charge in [0.05, 0.1) is 0 Å². The second kappa shape index (κ2) is 3.96. The number of allylic oxidation sites excluding steroid dienone is 2. The van der Waals surface area contributed by atoms with E-state index in [0.717, 1.165) is 5.92 Å². The van der Waals surface area contributed by atoms with Gasteiger partial charge in [-0.25, -0.2) is 0 Å². The van der Waals surface area contributed by atoms with E-state index in [2.05, 4.69) is 25.2 Å². The first-order valence-corrected chi connectivity index (χ1v) is 6.14. The molecule has 1 heterocycles. The van der Waals surface area contributed by atoms with E-state index in [9.17, 15) is 0 Å². The summed E-state index contributed by atoms with van der Waals surface area (Å²) in [5.41, 5.74) is 1.99. The molecule has 1 N–H and O–H groups in total. The molecule has 0 radical (unpaired) electrons. The molecule has 1 nitrogen and oxygen atoms in total. The predicted octanol–water partition coefficient (Wildman–Crippen LogP) is 3.47. The average Bonchev–Trinajstić information content (AvgIpc) is 2.18. The van der Waals surface area contributed by atoms with Crippen molar-refractivity contribution >= 4 is 0 Å². The van der Waals surface area contributed by atoms with Gasteiger partial charge in [0.2, 0.25) is 0 Å². The van der Waals surface area contributed by atoms with E-state index in [1.807, 2.05) is 0 Å². The zero-order valence-electron chi connectivity index (χ0n) is 9.60. The maximum absolute atomic E-state index is 3.61. The second-order valence-corrected chi connectivity index (χ2v) is 5.60. The van der Waals surface area contributed by atoms with Crippen LogP contribution in [0.25, 0.3) is 0 Å². The zero-order chi connectivity index (χ0) is 10.0. The molecule has 1 heteroatoms. The van der Waals surface area contributed by atoms with E-state index in [-0.39, 0.29) is 0 Å². The van der Waals surface area contributed by atoms with Gasteiger partial charge in [0.25, 0.3) is 0 Å². The lowest BCUT2D eigenvalue weighted by Crippen LogP contribution is -2.32. The standard InChI is InChI=1S/C13H23N/c1-13(2)8-9-14-12(10-13)11-6-4-3-5-7-11/h10-11,14H,3-9H2,1-2H3. The van der Waals surface area contributed by atoms with Gasteiger partial charge in [0, 0.05) is 12.2 Å². The molecule has 2 rings (SSSR count). The number of nitrogens with one attached hydrogen (secondary N) is 1. The molecule has 2 aliphatic rings. The van der Waals surface area contributed by atoms with Crippen LogP contribution < -0.4 is 5.32 Å². The second-order valence-electron chi connectivity index (χ2n) is 5.60. The summed E-state index contributed by atoms with van der Waals surface area (Å²) in [6.45, 7) is 5.89. The van der Waals surface area contributed by atoms with Crippen molar-refractivity contribution in [2.75, 3.05) is 6.54 Å². The van der Waals surface area contributed by atoms with Crippen molar-refractivity contribution in [3.63, 3.8) is 0 Å². The highest BCUT2D eigenvalue weighted by molar-refractivity contribution is 5.13. The van der Waals surface area contributed by atoms with E-state index in [0.29, 0.717) is 5.41 Å². The molecule has 0 unspecified atom stereocenters. The predicted molar refractivity (Wildman–Crippen MR) is 61.1 cm³/mol. The zero-order valence-corrected chi connectivity index (χ0v) is 9.60. The van der Waals surface area contributed by atoms with Crippen molar-refractivity contribution in [1.82, 2.24) is 5.32 Å². The van der Waals surface area contributed by atoms with Crippen LogP contribution in [-0.2, 0) is 0 Å². The normalized spacial score (nSPS) is 28.0. The SMILES string of the molecule is CC1(C)C=C(C2CCCCC2)NCC1. The van der Waals surface area contributed by atoms with Crippen molar-refractivity contribution in [2.24, 2.45) is 11.3 Å². The Bertz CT molecular complexity index is 221. The summed E-state index contributed by atoms with van der Waals surface area (Å²) in [5.74, 6) is 0.850. The molecule has 1 saturated carbocycles. The van der Waals surface area contributed by atoms with Gasteiger partial charge in [-0.2, -0.15) is 0 Å². The quantitative estimate of drug-likeness (QED) is 0.672. The Labute approximate surface area is 88.0 Å². The third kappa shape index (κ3) is 2.31. The molecular formula is C13H23N. The van der Waals surface area contributed by atoms with E-state index >= 15 is 0 Å². The molecule has 0 saturated heterocycles. The van der Waals surface area contributed by atoms with Gasteiger partial charge in [-0.15, -0.1) is 0 Å². The highest BCUT2D eigenvalue weighted by Gasteiger charge is 2.25. The van der Waals surface area contributed by atoms with Crippen LogP contribution in [0, 0.1) is 11.3 Å². The van der Waals surface area contributed by atoms with Crippen molar-refractivity contribution in [1.29, 1.82) is 0 Å². The Morgan fingerprint density at radius 1 is 1.21 bits per heavy atom. The molecular weight excluding hydrogens is 170 g/mol. The van der Waals surface area contributed by atoms with Crippen LogP contribution in [0.1, 0.15) is 52.4 Å². The van der Waals surface area contributed by atoms with Crippen LogP contribution in [0.15, 0.2) is 11.8 Å². The molecule has 1 aliphatic heterocycles. The summed E-state index contributed by atoms with van der Waals surface area (Å²) in [7, 11) is 0. The van der Waals surface area contributed by atoms with E-state index < -0.39 is 0 Å². The molecule has 0 aromatic carbocycles. The highest BCUT2D eigenvalue weighted by atomic mass is 14.9. The average molecular weight is 193 g/mol. The summed E-state index contributed by atoms with van der Waals surface area (Å²) >= 11 is 0. The Morgan fingerprint density at radius 3 is 2.57 bits per heavy atom. The van der Waals surface area contributed by atoms with Gasteiger partial charge in [-0.1, -0.05) is 39.2 Å². The lowest BCUT2D eigenvalue weighted by molar-refractivity contribution is 0.339. The van der Waals surface area contributed by atoms with Crippen LogP contribution in [0.4, 0.5) is 0 Å². The first kappa shape index (κ1) is 10.1. The highest BCUT2D eigenvalue weighted by Crippen LogP contribution is 2.34. The van der Waals surface area contributed by atoms with E-state index in [4.69, 9.17) is 0 Å². The van der Waals surface area contributed by atoms with Crippen molar-refractivity contribution < 1.29 is 0 Å². The van der Waals surface area contributed by atoms with Gasteiger partial charge >= 0.3 is 0 Å². The van der Waals surface area contributed by atoms with E-state index in [1.165, 1.54) is 45.1 Å². The van der Waals surface area contributed by atoms with Crippen molar-refractivity contribution in [2.45, 2.75) is 52.4 Å². The molecule has 1 aliphatic carbocycles. The van der Waals surface area contributed by atoms with Gasteiger partial charge < -0.3 is 5.32 Å².